The monoisotopic (exact) mass is 206 g/mol. The van der Waals surface area contributed by atoms with E-state index in [1.54, 1.807) is 0 Å². The Labute approximate surface area is 91.3 Å². The highest BCUT2D eigenvalue weighted by molar-refractivity contribution is 5.82. The summed E-state index contributed by atoms with van der Waals surface area (Å²) in [6.07, 6.45) is 1.98. The van der Waals surface area contributed by atoms with E-state index in [9.17, 15) is 4.79 Å². The third-order valence-electron chi connectivity index (χ3n) is 2.40. The molecule has 0 aliphatic heterocycles. The van der Waals surface area contributed by atoms with Crippen LogP contribution in [0, 0.1) is 5.92 Å². The molecule has 0 saturated heterocycles. The van der Waals surface area contributed by atoms with Gasteiger partial charge in [-0.05, 0) is 18.6 Å². The fourth-order valence-corrected chi connectivity index (χ4v) is 1.41. The molecule has 0 aliphatic carbocycles. The van der Waals surface area contributed by atoms with Gasteiger partial charge in [0.2, 0.25) is 0 Å². The smallest absolute Gasteiger partial charge is 0.172 e. The second kappa shape index (κ2) is 6.23. The van der Waals surface area contributed by atoms with E-state index in [1.807, 2.05) is 37.3 Å². The van der Waals surface area contributed by atoms with Gasteiger partial charge in [-0.2, -0.15) is 0 Å². The molecule has 1 unspecified atom stereocenters. The molecule has 1 rings (SSSR count). The summed E-state index contributed by atoms with van der Waals surface area (Å²) in [5, 5.41) is 0. The van der Waals surface area contributed by atoms with Crippen LogP contribution in [0.25, 0.3) is 0 Å². The molecular formula is C13H18O2. The number of carbonyl (C=O) groups is 1. The molecule has 15 heavy (non-hydrogen) atoms. The number of hydrogen-bond donors (Lipinski definition) is 0. The van der Waals surface area contributed by atoms with E-state index in [0.29, 0.717) is 0 Å². The molecule has 0 bridgehead atoms. The Bertz CT molecular complexity index is 293. The molecule has 0 saturated carbocycles. The van der Waals surface area contributed by atoms with Crippen molar-refractivity contribution >= 4 is 5.78 Å². The van der Waals surface area contributed by atoms with Crippen molar-refractivity contribution in [3.05, 3.63) is 30.3 Å². The van der Waals surface area contributed by atoms with Crippen molar-refractivity contribution in [1.82, 2.24) is 0 Å². The van der Waals surface area contributed by atoms with Crippen molar-refractivity contribution in [2.24, 2.45) is 5.92 Å². The standard InChI is InChI=1S/C13H18O2/c1-3-7-11(2)13(14)10-15-12-8-5-4-6-9-12/h4-6,8-9,11H,3,7,10H2,1-2H3. The van der Waals surface area contributed by atoms with Gasteiger partial charge in [0.25, 0.3) is 0 Å². The number of benzene rings is 1. The lowest BCUT2D eigenvalue weighted by molar-refractivity contribution is -0.124. The minimum Gasteiger partial charge on any atom is -0.486 e. The number of ketones is 1. The summed E-state index contributed by atoms with van der Waals surface area (Å²) < 4.78 is 5.39. The first-order chi connectivity index (χ1) is 7.24. The molecule has 2 heteroatoms. The van der Waals surface area contributed by atoms with Gasteiger partial charge < -0.3 is 4.74 Å². The van der Waals surface area contributed by atoms with Gasteiger partial charge >= 0.3 is 0 Å². The zero-order chi connectivity index (χ0) is 11.1. The number of ether oxygens (including phenoxy) is 1. The van der Waals surface area contributed by atoms with Gasteiger partial charge in [0.05, 0.1) is 0 Å². The molecule has 2 nitrogen and oxygen atoms in total. The topological polar surface area (TPSA) is 26.3 Å². The molecule has 0 aromatic heterocycles. The molecule has 1 aromatic rings. The number of Topliss-reactive ketones (excluding diaryl/α,β-unsaturated/α-hetero) is 1. The normalized spacial score (nSPS) is 12.1. The van der Waals surface area contributed by atoms with E-state index < -0.39 is 0 Å². The van der Waals surface area contributed by atoms with Crippen molar-refractivity contribution in [2.75, 3.05) is 6.61 Å². The lowest BCUT2D eigenvalue weighted by Gasteiger charge is -2.10. The van der Waals surface area contributed by atoms with E-state index in [4.69, 9.17) is 4.74 Å². The van der Waals surface area contributed by atoms with E-state index in [1.165, 1.54) is 0 Å². The summed E-state index contributed by atoms with van der Waals surface area (Å²) in [5.74, 6) is 1.05. The molecule has 0 radical (unpaired) electrons. The summed E-state index contributed by atoms with van der Waals surface area (Å²) in [5.41, 5.74) is 0. The van der Waals surface area contributed by atoms with Crippen molar-refractivity contribution in [1.29, 1.82) is 0 Å². The van der Waals surface area contributed by atoms with Crippen LogP contribution < -0.4 is 4.74 Å². The van der Waals surface area contributed by atoms with E-state index in [0.717, 1.165) is 18.6 Å². The molecule has 1 aromatic carbocycles. The van der Waals surface area contributed by atoms with Gasteiger partial charge in [0.15, 0.2) is 5.78 Å². The number of carbonyl (C=O) groups excluding carboxylic acids is 1. The van der Waals surface area contributed by atoms with Crippen LogP contribution in [0.1, 0.15) is 26.7 Å². The summed E-state index contributed by atoms with van der Waals surface area (Å²) >= 11 is 0. The van der Waals surface area contributed by atoms with Gasteiger partial charge in [-0.25, -0.2) is 0 Å². The third kappa shape index (κ3) is 4.15. The second-order valence-electron chi connectivity index (χ2n) is 3.76. The molecule has 0 spiro atoms. The van der Waals surface area contributed by atoms with Gasteiger partial charge in [-0.1, -0.05) is 38.5 Å². The quantitative estimate of drug-likeness (QED) is 0.715. The molecule has 82 valence electrons. The van der Waals surface area contributed by atoms with Gasteiger partial charge in [-0.15, -0.1) is 0 Å². The SMILES string of the molecule is CCCC(C)C(=O)COc1ccccc1. The van der Waals surface area contributed by atoms with Crippen LogP contribution in [0.5, 0.6) is 5.75 Å². The lowest BCUT2D eigenvalue weighted by atomic mass is 10.0. The first-order valence-electron chi connectivity index (χ1n) is 5.44. The predicted octanol–water partition coefficient (Wildman–Crippen LogP) is 3.07. The maximum absolute atomic E-state index is 11.6. The first kappa shape index (κ1) is 11.8. The third-order valence-corrected chi connectivity index (χ3v) is 2.40. The Morgan fingerprint density at radius 2 is 2.00 bits per heavy atom. The Kier molecular flexibility index (Phi) is 4.88. The van der Waals surface area contributed by atoms with Crippen LogP contribution in [0.4, 0.5) is 0 Å². The largest absolute Gasteiger partial charge is 0.486 e. The Hall–Kier alpha value is -1.31. The summed E-state index contributed by atoms with van der Waals surface area (Å²) in [4.78, 5) is 11.6. The van der Waals surface area contributed by atoms with Crippen LogP contribution in [0.3, 0.4) is 0 Å². The van der Waals surface area contributed by atoms with Gasteiger partial charge in [0.1, 0.15) is 12.4 Å². The molecule has 0 heterocycles. The Morgan fingerprint density at radius 3 is 2.60 bits per heavy atom. The summed E-state index contributed by atoms with van der Waals surface area (Å²) in [6.45, 7) is 4.23. The van der Waals surface area contributed by atoms with Crippen molar-refractivity contribution in [3.63, 3.8) is 0 Å². The van der Waals surface area contributed by atoms with Crippen LogP contribution in [-0.2, 0) is 4.79 Å². The minimum absolute atomic E-state index is 0.110. The zero-order valence-corrected chi connectivity index (χ0v) is 9.40. The average molecular weight is 206 g/mol. The van der Waals surface area contributed by atoms with Gasteiger partial charge in [-0.3, -0.25) is 4.79 Å². The lowest BCUT2D eigenvalue weighted by Crippen LogP contribution is -2.19. The number of para-hydroxylation sites is 1. The number of rotatable bonds is 6. The highest BCUT2D eigenvalue weighted by Crippen LogP contribution is 2.11. The molecular weight excluding hydrogens is 188 g/mol. The van der Waals surface area contributed by atoms with Crippen molar-refractivity contribution in [3.8, 4) is 5.75 Å². The average Bonchev–Trinajstić information content (AvgIpc) is 2.27. The van der Waals surface area contributed by atoms with Crippen molar-refractivity contribution < 1.29 is 9.53 Å². The Balaban J connectivity index is 2.34. The number of hydrogen-bond acceptors (Lipinski definition) is 2. The van der Waals surface area contributed by atoms with E-state index in [2.05, 4.69) is 6.92 Å². The van der Waals surface area contributed by atoms with Crippen LogP contribution in [0.2, 0.25) is 0 Å². The maximum atomic E-state index is 11.6. The minimum atomic E-state index is 0.110. The highest BCUT2D eigenvalue weighted by atomic mass is 16.5. The highest BCUT2D eigenvalue weighted by Gasteiger charge is 2.11. The van der Waals surface area contributed by atoms with E-state index >= 15 is 0 Å². The Morgan fingerprint density at radius 1 is 1.33 bits per heavy atom. The zero-order valence-electron chi connectivity index (χ0n) is 9.40. The molecule has 0 fully saturated rings. The molecule has 1 atom stereocenters. The fourth-order valence-electron chi connectivity index (χ4n) is 1.41. The molecule has 0 aliphatic rings. The molecule has 0 amide bonds. The summed E-state index contributed by atoms with van der Waals surface area (Å²) in [6, 6.07) is 9.44. The van der Waals surface area contributed by atoms with Gasteiger partial charge in [0, 0.05) is 5.92 Å². The van der Waals surface area contributed by atoms with E-state index in [-0.39, 0.29) is 18.3 Å². The van der Waals surface area contributed by atoms with Crippen LogP contribution >= 0.6 is 0 Å². The van der Waals surface area contributed by atoms with Crippen molar-refractivity contribution in [2.45, 2.75) is 26.7 Å². The summed E-state index contributed by atoms with van der Waals surface area (Å²) in [7, 11) is 0. The molecule has 0 N–H and O–H groups in total. The van der Waals surface area contributed by atoms with Crippen LogP contribution in [0.15, 0.2) is 30.3 Å². The van der Waals surface area contributed by atoms with Crippen LogP contribution in [-0.4, -0.2) is 12.4 Å². The maximum Gasteiger partial charge on any atom is 0.172 e. The first-order valence-corrected chi connectivity index (χ1v) is 5.44. The second-order valence-corrected chi connectivity index (χ2v) is 3.76. The fraction of sp³-hybridized carbons (Fsp3) is 0.462. The predicted molar refractivity (Wildman–Crippen MR) is 61.0 cm³/mol.